The van der Waals surface area contributed by atoms with Crippen molar-refractivity contribution in [1.29, 1.82) is 0 Å². The minimum absolute atomic E-state index is 0.519. The summed E-state index contributed by atoms with van der Waals surface area (Å²) in [5.41, 5.74) is 3.22. The maximum Gasteiger partial charge on any atom is 0.105 e. The van der Waals surface area contributed by atoms with Crippen LogP contribution in [-0.4, -0.2) is 5.11 Å². The molecule has 1 atom stereocenters. The molecule has 1 aromatic carbocycles. The van der Waals surface area contributed by atoms with Gasteiger partial charge >= 0.3 is 0 Å². The second-order valence-corrected chi connectivity index (χ2v) is 6.37. The van der Waals surface area contributed by atoms with Crippen LogP contribution >= 0.6 is 27.3 Å². The summed E-state index contributed by atoms with van der Waals surface area (Å²) in [5, 5.41) is 12.3. The minimum atomic E-state index is -0.519. The number of rotatable bonds is 4. The quantitative estimate of drug-likeness (QED) is 0.878. The number of aliphatic hydroxyl groups excluding tert-OH is 1. The van der Waals surface area contributed by atoms with E-state index in [1.165, 1.54) is 5.56 Å². The largest absolute Gasteiger partial charge is 0.384 e. The lowest BCUT2D eigenvalue weighted by molar-refractivity contribution is 0.220. The molecule has 1 N–H and O–H groups in total. The molecule has 1 unspecified atom stereocenters. The van der Waals surface area contributed by atoms with Gasteiger partial charge in [0, 0.05) is 0 Å². The molecule has 0 fully saturated rings. The maximum absolute atomic E-state index is 10.3. The Balaban J connectivity index is 2.24. The van der Waals surface area contributed by atoms with Gasteiger partial charge in [0.05, 0.1) is 3.79 Å². The summed E-state index contributed by atoms with van der Waals surface area (Å²) in [6.07, 6.45) is 1.67. The zero-order chi connectivity index (χ0) is 12.3. The Morgan fingerprint density at radius 1 is 1.29 bits per heavy atom. The van der Waals surface area contributed by atoms with Crippen LogP contribution in [0.1, 0.15) is 36.1 Å². The van der Waals surface area contributed by atoms with Crippen molar-refractivity contribution >= 4 is 27.3 Å². The average molecular weight is 311 g/mol. The van der Waals surface area contributed by atoms with Gasteiger partial charge in [-0.1, -0.05) is 37.6 Å². The first-order valence-corrected chi connectivity index (χ1v) is 7.39. The Labute approximate surface area is 114 Å². The second-order valence-electron chi connectivity index (χ2n) is 4.08. The molecule has 0 aliphatic heterocycles. The van der Waals surface area contributed by atoms with Crippen molar-refractivity contribution < 1.29 is 5.11 Å². The van der Waals surface area contributed by atoms with Gasteiger partial charge in [-0.05, 0) is 50.5 Å². The van der Waals surface area contributed by atoms with Crippen LogP contribution in [0.3, 0.4) is 0 Å². The summed E-state index contributed by atoms with van der Waals surface area (Å²) in [4.78, 5) is 0. The lowest BCUT2D eigenvalue weighted by Gasteiger charge is -2.10. The third-order valence-electron chi connectivity index (χ3n) is 2.71. The predicted molar refractivity (Wildman–Crippen MR) is 76.5 cm³/mol. The van der Waals surface area contributed by atoms with Crippen LogP contribution in [0.4, 0.5) is 0 Å². The summed E-state index contributed by atoms with van der Waals surface area (Å²) < 4.78 is 1.05. The molecule has 0 saturated heterocycles. The number of benzene rings is 1. The van der Waals surface area contributed by atoms with Crippen molar-refractivity contribution in [2.24, 2.45) is 0 Å². The number of aryl methyl sites for hydroxylation is 1. The molecular formula is C14H15BrOS. The van der Waals surface area contributed by atoms with Gasteiger partial charge in [-0.15, -0.1) is 11.3 Å². The summed E-state index contributed by atoms with van der Waals surface area (Å²) in [5.74, 6) is 0. The first-order chi connectivity index (χ1) is 8.20. The topological polar surface area (TPSA) is 20.2 Å². The Kier molecular flexibility index (Phi) is 4.37. The molecule has 2 rings (SSSR count). The third-order valence-corrected chi connectivity index (χ3v) is 4.23. The average Bonchev–Trinajstić information content (AvgIpc) is 2.76. The normalized spacial score (nSPS) is 12.6. The highest BCUT2D eigenvalue weighted by molar-refractivity contribution is 9.11. The minimum Gasteiger partial charge on any atom is -0.384 e. The zero-order valence-electron chi connectivity index (χ0n) is 9.69. The molecule has 3 heteroatoms. The van der Waals surface area contributed by atoms with Crippen molar-refractivity contribution in [3.63, 3.8) is 0 Å². The highest BCUT2D eigenvalue weighted by Gasteiger charge is 2.12. The number of thiophene rings is 1. The molecule has 1 aromatic heterocycles. The molecule has 1 nitrogen and oxygen atoms in total. The SMILES string of the molecule is CCCc1cccc(C(O)c2csc(Br)c2)c1. The van der Waals surface area contributed by atoms with Crippen molar-refractivity contribution in [2.45, 2.75) is 25.9 Å². The van der Waals surface area contributed by atoms with E-state index in [9.17, 15) is 5.11 Å². The second kappa shape index (κ2) is 5.80. The highest BCUT2D eigenvalue weighted by atomic mass is 79.9. The van der Waals surface area contributed by atoms with E-state index in [1.807, 2.05) is 23.6 Å². The van der Waals surface area contributed by atoms with Crippen molar-refractivity contribution in [3.8, 4) is 0 Å². The fourth-order valence-corrected chi connectivity index (χ4v) is 3.06. The molecule has 0 amide bonds. The molecule has 17 heavy (non-hydrogen) atoms. The lowest BCUT2D eigenvalue weighted by Crippen LogP contribution is -1.98. The molecule has 0 saturated carbocycles. The van der Waals surface area contributed by atoms with E-state index >= 15 is 0 Å². The van der Waals surface area contributed by atoms with Gasteiger partial charge in [-0.25, -0.2) is 0 Å². The highest BCUT2D eigenvalue weighted by Crippen LogP contribution is 2.29. The fourth-order valence-electron chi connectivity index (χ4n) is 1.87. The third kappa shape index (κ3) is 3.18. The van der Waals surface area contributed by atoms with E-state index in [0.717, 1.165) is 27.8 Å². The van der Waals surface area contributed by atoms with E-state index in [2.05, 4.69) is 35.0 Å². The van der Waals surface area contributed by atoms with Crippen LogP contribution in [-0.2, 0) is 6.42 Å². The smallest absolute Gasteiger partial charge is 0.105 e. The lowest BCUT2D eigenvalue weighted by atomic mass is 10.0. The standard InChI is InChI=1S/C14H15BrOS/c1-2-4-10-5-3-6-11(7-10)14(16)12-8-13(15)17-9-12/h3,5-9,14,16H,2,4H2,1H3. The van der Waals surface area contributed by atoms with Crippen molar-refractivity contribution in [1.82, 2.24) is 0 Å². The monoisotopic (exact) mass is 310 g/mol. The summed E-state index contributed by atoms with van der Waals surface area (Å²) in [6, 6.07) is 10.2. The number of hydrogen-bond acceptors (Lipinski definition) is 2. The van der Waals surface area contributed by atoms with E-state index in [1.54, 1.807) is 11.3 Å². The van der Waals surface area contributed by atoms with E-state index in [-0.39, 0.29) is 0 Å². The van der Waals surface area contributed by atoms with Gasteiger partial charge in [0.25, 0.3) is 0 Å². The molecule has 1 heterocycles. The number of hydrogen-bond donors (Lipinski definition) is 1. The van der Waals surface area contributed by atoms with E-state index in [0.29, 0.717) is 0 Å². The first-order valence-electron chi connectivity index (χ1n) is 5.71. The maximum atomic E-state index is 10.3. The molecule has 0 radical (unpaired) electrons. The van der Waals surface area contributed by atoms with Gasteiger partial charge in [0.15, 0.2) is 0 Å². The van der Waals surface area contributed by atoms with E-state index < -0.39 is 6.10 Å². The Morgan fingerprint density at radius 3 is 2.76 bits per heavy atom. The molecule has 0 aliphatic carbocycles. The fraction of sp³-hybridized carbons (Fsp3) is 0.286. The molecule has 0 aliphatic rings. The molecule has 0 bridgehead atoms. The Bertz CT molecular complexity index is 492. The molecular weight excluding hydrogens is 296 g/mol. The predicted octanol–water partition coefficient (Wildman–Crippen LogP) is 4.54. The Morgan fingerprint density at radius 2 is 2.12 bits per heavy atom. The van der Waals surface area contributed by atoms with Gasteiger partial charge in [-0.2, -0.15) is 0 Å². The van der Waals surface area contributed by atoms with Gasteiger partial charge in [0.1, 0.15) is 6.10 Å². The van der Waals surface area contributed by atoms with Crippen LogP contribution in [0.2, 0.25) is 0 Å². The Hall–Kier alpha value is -0.640. The zero-order valence-corrected chi connectivity index (χ0v) is 12.1. The van der Waals surface area contributed by atoms with E-state index in [4.69, 9.17) is 0 Å². The van der Waals surface area contributed by atoms with Crippen LogP contribution in [0.5, 0.6) is 0 Å². The van der Waals surface area contributed by atoms with Gasteiger partial charge in [-0.3, -0.25) is 0 Å². The number of halogens is 1. The van der Waals surface area contributed by atoms with Crippen LogP contribution in [0, 0.1) is 0 Å². The summed E-state index contributed by atoms with van der Waals surface area (Å²) >= 11 is 5.02. The van der Waals surface area contributed by atoms with Crippen LogP contribution in [0.25, 0.3) is 0 Å². The van der Waals surface area contributed by atoms with Gasteiger partial charge < -0.3 is 5.11 Å². The van der Waals surface area contributed by atoms with Crippen molar-refractivity contribution in [2.75, 3.05) is 0 Å². The summed E-state index contributed by atoms with van der Waals surface area (Å²) in [7, 11) is 0. The summed E-state index contributed by atoms with van der Waals surface area (Å²) in [6.45, 7) is 2.17. The van der Waals surface area contributed by atoms with Crippen LogP contribution < -0.4 is 0 Å². The van der Waals surface area contributed by atoms with Crippen LogP contribution in [0.15, 0.2) is 39.5 Å². The van der Waals surface area contributed by atoms with Gasteiger partial charge in [0.2, 0.25) is 0 Å². The molecule has 90 valence electrons. The molecule has 2 aromatic rings. The number of aliphatic hydroxyl groups is 1. The first kappa shape index (κ1) is 12.8. The molecule has 0 spiro atoms. The van der Waals surface area contributed by atoms with Crippen molar-refractivity contribution in [3.05, 3.63) is 56.2 Å².